The number of carbonyl (C=O) groups excluding carboxylic acids is 2. The van der Waals surface area contributed by atoms with Gasteiger partial charge in [-0.05, 0) is 59.3 Å². The van der Waals surface area contributed by atoms with Crippen LogP contribution in [0.2, 0.25) is 0 Å². The van der Waals surface area contributed by atoms with E-state index in [0.29, 0.717) is 45.1 Å². The van der Waals surface area contributed by atoms with Crippen LogP contribution in [0.5, 0.6) is 0 Å². The third-order valence-corrected chi connectivity index (χ3v) is 8.48. The molecule has 4 fully saturated rings. The first kappa shape index (κ1) is 27.9. The highest BCUT2D eigenvalue weighted by atomic mass is 16.6. The fourth-order valence-corrected chi connectivity index (χ4v) is 6.11. The third kappa shape index (κ3) is 5.99. The van der Waals surface area contributed by atoms with Crippen LogP contribution >= 0.6 is 0 Å². The number of likely N-dealkylation sites (tertiary alicyclic amines) is 1. The molecule has 0 aromatic carbocycles. The maximum atomic E-state index is 13.0. The summed E-state index contributed by atoms with van der Waals surface area (Å²) in [5, 5.41) is 0. The number of methoxy groups -OCH3 is 1. The van der Waals surface area contributed by atoms with Crippen molar-refractivity contribution < 1.29 is 33.3 Å². The molecule has 9 heteroatoms. The summed E-state index contributed by atoms with van der Waals surface area (Å²) in [6.07, 6.45) is 5.87. The molecular formula is C28H44N2O7. The standard InChI is InChI=1S/C28H44N2O7/c1-7-15-34-25(31)29(8-2)14-12-20-16-30(17-20)26(32)36-21-11-13-28(18-35-28)24(23(21)33-6)27(5)22(37-27)10-9-19(3)4/h7,9,20-24H,1,8,10-18H2,2-6H3/t21-,22-,23-,24-,27+,28+/m1/s1. The molecule has 1 saturated carbocycles. The zero-order valence-corrected chi connectivity index (χ0v) is 23.1. The van der Waals surface area contributed by atoms with Gasteiger partial charge in [0.05, 0.1) is 18.6 Å². The van der Waals surface area contributed by atoms with Gasteiger partial charge in [0.15, 0.2) is 0 Å². The number of carbonyl (C=O) groups is 2. The van der Waals surface area contributed by atoms with Crippen molar-refractivity contribution in [3.05, 3.63) is 24.3 Å². The van der Waals surface area contributed by atoms with Crippen LogP contribution in [-0.4, -0.2) is 98.0 Å². The molecule has 0 radical (unpaired) electrons. The Hall–Kier alpha value is -2.10. The fraction of sp³-hybridized carbons (Fsp3) is 0.786. The Morgan fingerprint density at radius 1 is 1.27 bits per heavy atom. The van der Waals surface area contributed by atoms with Crippen molar-refractivity contribution in [2.45, 2.75) is 82.9 Å². The van der Waals surface area contributed by atoms with Gasteiger partial charge >= 0.3 is 12.2 Å². The predicted octanol–water partition coefficient (Wildman–Crippen LogP) is 4.17. The molecule has 0 aromatic rings. The highest BCUT2D eigenvalue weighted by molar-refractivity contribution is 5.69. The van der Waals surface area contributed by atoms with Gasteiger partial charge in [0.2, 0.25) is 0 Å². The van der Waals surface area contributed by atoms with E-state index in [9.17, 15) is 9.59 Å². The second-order valence-electron chi connectivity index (χ2n) is 11.3. The maximum absolute atomic E-state index is 13.0. The van der Waals surface area contributed by atoms with Crippen LogP contribution in [0.15, 0.2) is 24.3 Å². The minimum atomic E-state index is -0.353. The van der Waals surface area contributed by atoms with Crippen LogP contribution in [0.3, 0.4) is 0 Å². The van der Waals surface area contributed by atoms with Gasteiger partial charge in [-0.3, -0.25) is 0 Å². The maximum Gasteiger partial charge on any atom is 0.410 e. The molecule has 2 amide bonds. The minimum absolute atomic E-state index is 0.0112. The Labute approximate surface area is 221 Å². The Kier molecular flexibility index (Phi) is 8.55. The quantitative estimate of drug-likeness (QED) is 0.298. The van der Waals surface area contributed by atoms with Gasteiger partial charge in [0, 0.05) is 33.3 Å². The number of hydrogen-bond donors (Lipinski definition) is 0. The SMILES string of the molecule is C=CCOC(=O)N(CC)CCC1CN(C(=O)O[C@@H]2CC[C@]3(CO3)[C@@H]([C@@]3(C)O[C@@H]3CC=C(C)C)[C@@H]2OC)C1. The van der Waals surface area contributed by atoms with Crippen molar-refractivity contribution >= 4 is 12.2 Å². The summed E-state index contributed by atoms with van der Waals surface area (Å²) >= 11 is 0. The average molecular weight is 521 g/mol. The number of rotatable bonds is 11. The van der Waals surface area contributed by atoms with Gasteiger partial charge in [0.25, 0.3) is 0 Å². The smallest absolute Gasteiger partial charge is 0.410 e. The zero-order chi connectivity index (χ0) is 26.8. The number of epoxide rings is 2. The zero-order valence-electron chi connectivity index (χ0n) is 23.1. The van der Waals surface area contributed by atoms with E-state index in [1.54, 1.807) is 23.0 Å². The van der Waals surface area contributed by atoms with Crippen molar-refractivity contribution in [2.24, 2.45) is 11.8 Å². The summed E-state index contributed by atoms with van der Waals surface area (Å²) in [7, 11) is 1.69. The molecule has 3 aliphatic heterocycles. The molecule has 0 unspecified atom stereocenters. The van der Waals surface area contributed by atoms with E-state index >= 15 is 0 Å². The summed E-state index contributed by atoms with van der Waals surface area (Å²) in [6, 6.07) is 0. The van der Waals surface area contributed by atoms with Crippen molar-refractivity contribution in [3.63, 3.8) is 0 Å². The first-order valence-electron chi connectivity index (χ1n) is 13.6. The molecule has 37 heavy (non-hydrogen) atoms. The van der Waals surface area contributed by atoms with Crippen molar-refractivity contribution in [2.75, 3.05) is 46.5 Å². The molecule has 1 aliphatic carbocycles. The van der Waals surface area contributed by atoms with E-state index < -0.39 is 0 Å². The second-order valence-corrected chi connectivity index (χ2v) is 11.3. The minimum Gasteiger partial charge on any atom is -0.445 e. The molecule has 3 saturated heterocycles. The van der Waals surface area contributed by atoms with E-state index in [2.05, 4.69) is 33.4 Å². The fourth-order valence-electron chi connectivity index (χ4n) is 6.11. The number of amides is 2. The van der Waals surface area contributed by atoms with E-state index in [1.807, 2.05) is 6.92 Å². The van der Waals surface area contributed by atoms with Crippen LogP contribution in [-0.2, 0) is 23.7 Å². The van der Waals surface area contributed by atoms with E-state index in [4.69, 9.17) is 23.7 Å². The first-order chi connectivity index (χ1) is 17.7. The summed E-state index contributed by atoms with van der Waals surface area (Å²) in [5.41, 5.74) is 0.684. The number of hydrogen-bond acceptors (Lipinski definition) is 7. The summed E-state index contributed by atoms with van der Waals surface area (Å²) < 4.78 is 29.4. The largest absolute Gasteiger partial charge is 0.445 e. The van der Waals surface area contributed by atoms with Gasteiger partial charge in [-0.15, -0.1) is 0 Å². The average Bonchev–Trinajstić information content (AvgIpc) is 3.75. The molecule has 208 valence electrons. The lowest BCUT2D eigenvalue weighted by molar-refractivity contribution is -0.124. The number of allylic oxidation sites excluding steroid dienone is 1. The Balaban J connectivity index is 1.28. The highest BCUT2D eigenvalue weighted by Crippen LogP contribution is 2.59. The van der Waals surface area contributed by atoms with Crippen molar-refractivity contribution in [3.8, 4) is 0 Å². The molecule has 3 heterocycles. The molecule has 4 aliphatic rings. The van der Waals surface area contributed by atoms with E-state index in [0.717, 1.165) is 19.3 Å². The third-order valence-electron chi connectivity index (χ3n) is 8.48. The molecule has 0 N–H and O–H groups in total. The predicted molar refractivity (Wildman–Crippen MR) is 138 cm³/mol. The lowest BCUT2D eigenvalue weighted by Gasteiger charge is -2.44. The normalized spacial score (nSPS) is 34.4. The van der Waals surface area contributed by atoms with Crippen LogP contribution in [0, 0.1) is 11.8 Å². The van der Waals surface area contributed by atoms with Crippen LogP contribution in [0.4, 0.5) is 9.59 Å². The first-order valence-corrected chi connectivity index (χ1v) is 13.6. The van der Waals surface area contributed by atoms with Gasteiger partial charge in [-0.1, -0.05) is 24.3 Å². The van der Waals surface area contributed by atoms with Gasteiger partial charge in [-0.25, -0.2) is 9.59 Å². The lowest BCUT2D eigenvalue weighted by Crippen LogP contribution is -2.57. The Morgan fingerprint density at radius 2 is 2.00 bits per heavy atom. The molecule has 0 bridgehead atoms. The number of nitrogens with zero attached hydrogens (tertiary/aromatic N) is 2. The van der Waals surface area contributed by atoms with Gasteiger partial charge in [0.1, 0.15) is 30.0 Å². The molecule has 6 atom stereocenters. The number of ether oxygens (including phenoxy) is 5. The summed E-state index contributed by atoms with van der Waals surface area (Å²) in [5.74, 6) is 0.348. The Bertz CT molecular complexity index is 878. The monoisotopic (exact) mass is 520 g/mol. The molecular weight excluding hydrogens is 476 g/mol. The van der Waals surface area contributed by atoms with Crippen molar-refractivity contribution in [1.82, 2.24) is 9.80 Å². The van der Waals surface area contributed by atoms with Crippen molar-refractivity contribution in [1.29, 1.82) is 0 Å². The molecule has 9 nitrogen and oxygen atoms in total. The molecule has 4 rings (SSSR count). The molecule has 1 spiro atoms. The second kappa shape index (κ2) is 11.3. The van der Waals surface area contributed by atoms with E-state index in [-0.39, 0.29) is 54.2 Å². The Morgan fingerprint density at radius 3 is 2.59 bits per heavy atom. The summed E-state index contributed by atoms with van der Waals surface area (Å²) in [4.78, 5) is 28.5. The molecule has 0 aromatic heterocycles. The summed E-state index contributed by atoms with van der Waals surface area (Å²) in [6.45, 7) is 15.2. The van der Waals surface area contributed by atoms with Gasteiger partial charge in [-0.2, -0.15) is 0 Å². The lowest BCUT2D eigenvalue weighted by atomic mass is 9.68. The van der Waals surface area contributed by atoms with Crippen LogP contribution < -0.4 is 0 Å². The van der Waals surface area contributed by atoms with E-state index in [1.165, 1.54) is 5.57 Å². The van der Waals surface area contributed by atoms with Crippen LogP contribution in [0.1, 0.15) is 53.4 Å². The highest BCUT2D eigenvalue weighted by Gasteiger charge is 2.72. The van der Waals surface area contributed by atoms with Crippen LogP contribution in [0.25, 0.3) is 0 Å². The van der Waals surface area contributed by atoms with Gasteiger partial charge < -0.3 is 33.5 Å². The topological polar surface area (TPSA) is 93.4 Å².